The van der Waals surface area contributed by atoms with E-state index in [0.29, 0.717) is 11.7 Å². The van der Waals surface area contributed by atoms with Gasteiger partial charge in [-0.05, 0) is 32.2 Å². The molecule has 2 aliphatic rings. The number of carbonyl (C=O) groups is 1. The molecule has 0 radical (unpaired) electrons. The van der Waals surface area contributed by atoms with Crippen LogP contribution in [0.4, 0.5) is 0 Å². The maximum absolute atomic E-state index is 12.3. The summed E-state index contributed by atoms with van der Waals surface area (Å²) in [6.07, 6.45) is 6.91. The number of nitrogens with zero attached hydrogens (tertiary/aromatic N) is 2. The molecule has 1 aromatic rings. The molecule has 2 heterocycles. The molecule has 2 unspecified atom stereocenters. The number of aromatic nitrogens is 2. The van der Waals surface area contributed by atoms with E-state index in [9.17, 15) is 9.59 Å². The molecule has 2 fully saturated rings. The van der Waals surface area contributed by atoms with Crippen molar-refractivity contribution in [2.75, 3.05) is 6.54 Å². The van der Waals surface area contributed by atoms with Crippen LogP contribution in [0.5, 0.6) is 0 Å². The molecule has 3 rings (SSSR count). The molecular weight excluding hydrogens is 244 g/mol. The van der Waals surface area contributed by atoms with Gasteiger partial charge in [-0.3, -0.25) is 9.59 Å². The van der Waals surface area contributed by atoms with Gasteiger partial charge in [-0.1, -0.05) is 0 Å². The largest absolute Gasteiger partial charge is 0.344 e. The molecule has 1 amide bonds. The molecule has 19 heavy (non-hydrogen) atoms. The Kier molecular flexibility index (Phi) is 2.89. The van der Waals surface area contributed by atoms with Crippen LogP contribution in [-0.4, -0.2) is 33.6 Å². The molecule has 1 aromatic heterocycles. The first-order valence-electron chi connectivity index (χ1n) is 6.69. The van der Waals surface area contributed by atoms with Gasteiger partial charge in [0, 0.05) is 19.3 Å². The minimum absolute atomic E-state index is 0.118. The lowest BCUT2D eigenvalue weighted by molar-refractivity contribution is 0.0891. The van der Waals surface area contributed by atoms with Gasteiger partial charge in [-0.15, -0.1) is 0 Å². The minimum Gasteiger partial charge on any atom is -0.344 e. The highest BCUT2D eigenvalue weighted by Crippen LogP contribution is 2.36. The fourth-order valence-corrected chi connectivity index (χ4v) is 3.25. The summed E-state index contributed by atoms with van der Waals surface area (Å²) in [4.78, 5) is 27.5. The molecule has 1 aliphatic heterocycles. The number of hydrogen-bond acceptors (Lipinski definition) is 4. The Morgan fingerprint density at radius 3 is 3.21 bits per heavy atom. The first-order valence-corrected chi connectivity index (χ1v) is 6.69. The molecule has 1 saturated carbocycles. The van der Waals surface area contributed by atoms with Crippen molar-refractivity contribution in [3.8, 4) is 0 Å². The van der Waals surface area contributed by atoms with Crippen molar-refractivity contribution in [2.45, 2.75) is 37.3 Å². The highest BCUT2D eigenvalue weighted by molar-refractivity contribution is 5.92. The molecule has 6 nitrogen and oxygen atoms in total. The second-order valence-electron chi connectivity index (χ2n) is 5.48. The summed E-state index contributed by atoms with van der Waals surface area (Å²) >= 11 is 0. The summed E-state index contributed by atoms with van der Waals surface area (Å²) in [5, 5.41) is 6.58. The van der Waals surface area contributed by atoms with Gasteiger partial charge in [0.25, 0.3) is 11.5 Å². The molecule has 2 atom stereocenters. The predicted octanol–water partition coefficient (Wildman–Crippen LogP) is -0.205. The Hall–Kier alpha value is -1.69. The van der Waals surface area contributed by atoms with E-state index in [-0.39, 0.29) is 17.0 Å². The van der Waals surface area contributed by atoms with Gasteiger partial charge < -0.3 is 15.2 Å². The van der Waals surface area contributed by atoms with Crippen molar-refractivity contribution in [2.24, 2.45) is 7.05 Å². The Morgan fingerprint density at radius 2 is 2.42 bits per heavy atom. The standard InChI is InChI=1S/C13H18N4O2/c1-17-8-9(15-7-11(17)18)12(19)16-13-4-2-3-10(13)14-6-5-13/h7-8,10,14H,2-6H2,1H3,(H,16,19). The molecular formula is C13H18N4O2. The summed E-state index contributed by atoms with van der Waals surface area (Å²) in [6.45, 7) is 0.950. The molecule has 1 aliphatic carbocycles. The lowest BCUT2D eigenvalue weighted by Gasteiger charge is -2.29. The third-order valence-electron chi connectivity index (χ3n) is 4.32. The Labute approximate surface area is 111 Å². The van der Waals surface area contributed by atoms with Gasteiger partial charge in [0.1, 0.15) is 5.69 Å². The summed E-state index contributed by atoms with van der Waals surface area (Å²) in [5.74, 6) is -0.189. The van der Waals surface area contributed by atoms with Crippen LogP contribution in [0.2, 0.25) is 0 Å². The maximum atomic E-state index is 12.3. The second-order valence-corrected chi connectivity index (χ2v) is 5.48. The molecule has 0 bridgehead atoms. The quantitative estimate of drug-likeness (QED) is 0.773. The zero-order valence-electron chi connectivity index (χ0n) is 11.0. The van der Waals surface area contributed by atoms with Gasteiger partial charge >= 0.3 is 0 Å². The fraction of sp³-hybridized carbons (Fsp3) is 0.615. The topological polar surface area (TPSA) is 76.0 Å². The molecule has 0 aromatic carbocycles. The number of rotatable bonds is 2. The SMILES string of the molecule is Cn1cc(C(=O)NC23CCCC2NCC3)ncc1=O. The van der Waals surface area contributed by atoms with Gasteiger partial charge in [0.15, 0.2) is 0 Å². The average Bonchev–Trinajstić information content (AvgIpc) is 2.91. The highest BCUT2D eigenvalue weighted by Gasteiger charge is 2.47. The minimum atomic E-state index is -0.212. The van der Waals surface area contributed by atoms with Crippen molar-refractivity contribution in [1.82, 2.24) is 20.2 Å². The van der Waals surface area contributed by atoms with E-state index < -0.39 is 0 Å². The zero-order valence-corrected chi connectivity index (χ0v) is 11.0. The predicted molar refractivity (Wildman–Crippen MR) is 69.9 cm³/mol. The van der Waals surface area contributed by atoms with E-state index >= 15 is 0 Å². The summed E-state index contributed by atoms with van der Waals surface area (Å²) in [6, 6.07) is 0.379. The van der Waals surface area contributed by atoms with E-state index in [2.05, 4.69) is 15.6 Å². The second kappa shape index (κ2) is 4.45. The van der Waals surface area contributed by atoms with E-state index in [1.165, 1.54) is 17.0 Å². The smallest absolute Gasteiger partial charge is 0.271 e. The van der Waals surface area contributed by atoms with E-state index in [1.807, 2.05) is 0 Å². The van der Waals surface area contributed by atoms with Crippen LogP contribution in [0.25, 0.3) is 0 Å². The molecule has 0 spiro atoms. The number of carbonyl (C=O) groups excluding carboxylic acids is 1. The van der Waals surface area contributed by atoms with Crippen LogP contribution in [0.1, 0.15) is 36.2 Å². The normalized spacial score (nSPS) is 29.2. The number of amides is 1. The summed E-state index contributed by atoms with van der Waals surface area (Å²) in [5.41, 5.74) is -0.0296. The number of aryl methyl sites for hydroxylation is 1. The maximum Gasteiger partial charge on any atom is 0.271 e. The van der Waals surface area contributed by atoms with Crippen molar-refractivity contribution in [3.63, 3.8) is 0 Å². The number of fused-ring (bicyclic) bond motifs is 1. The fourth-order valence-electron chi connectivity index (χ4n) is 3.25. The van der Waals surface area contributed by atoms with Crippen molar-refractivity contribution < 1.29 is 4.79 Å². The van der Waals surface area contributed by atoms with Crippen molar-refractivity contribution in [3.05, 3.63) is 28.4 Å². The third-order valence-corrected chi connectivity index (χ3v) is 4.32. The monoisotopic (exact) mass is 262 g/mol. The molecule has 102 valence electrons. The first kappa shape index (κ1) is 12.3. The average molecular weight is 262 g/mol. The lowest BCUT2D eigenvalue weighted by Crippen LogP contribution is -2.53. The molecule has 1 saturated heterocycles. The van der Waals surface area contributed by atoms with Crippen molar-refractivity contribution >= 4 is 5.91 Å². The van der Waals surface area contributed by atoms with Gasteiger partial charge in [-0.25, -0.2) is 4.98 Å². The summed E-state index contributed by atoms with van der Waals surface area (Å²) in [7, 11) is 1.62. The zero-order chi connectivity index (χ0) is 13.5. The van der Waals surface area contributed by atoms with Crippen LogP contribution in [0.15, 0.2) is 17.2 Å². The van der Waals surface area contributed by atoms with Crippen molar-refractivity contribution in [1.29, 1.82) is 0 Å². The lowest BCUT2D eigenvalue weighted by atomic mass is 9.93. The van der Waals surface area contributed by atoms with Crippen LogP contribution >= 0.6 is 0 Å². The van der Waals surface area contributed by atoms with E-state index in [4.69, 9.17) is 0 Å². The Balaban J connectivity index is 1.81. The number of nitrogens with one attached hydrogen (secondary N) is 2. The Bertz CT molecular complexity index is 556. The van der Waals surface area contributed by atoms with Crippen LogP contribution < -0.4 is 16.2 Å². The first-order chi connectivity index (χ1) is 9.11. The molecule has 2 N–H and O–H groups in total. The van der Waals surface area contributed by atoms with Crippen LogP contribution in [0.3, 0.4) is 0 Å². The Morgan fingerprint density at radius 1 is 1.58 bits per heavy atom. The van der Waals surface area contributed by atoms with Gasteiger partial charge in [0.2, 0.25) is 0 Å². The highest BCUT2D eigenvalue weighted by atomic mass is 16.2. The van der Waals surface area contributed by atoms with Crippen LogP contribution in [-0.2, 0) is 7.05 Å². The van der Waals surface area contributed by atoms with Crippen LogP contribution in [0, 0.1) is 0 Å². The summed E-state index contributed by atoms with van der Waals surface area (Å²) < 4.78 is 1.37. The molecule has 6 heteroatoms. The third kappa shape index (κ3) is 2.06. The number of hydrogen-bond donors (Lipinski definition) is 2. The van der Waals surface area contributed by atoms with Gasteiger partial charge in [0.05, 0.1) is 11.7 Å². The van der Waals surface area contributed by atoms with E-state index in [0.717, 1.165) is 32.2 Å². The van der Waals surface area contributed by atoms with E-state index in [1.54, 1.807) is 7.05 Å². The van der Waals surface area contributed by atoms with Gasteiger partial charge in [-0.2, -0.15) is 0 Å².